The second kappa shape index (κ2) is 8.93. The molecule has 0 saturated carbocycles. The lowest BCUT2D eigenvalue weighted by Gasteiger charge is -2.23. The van der Waals surface area contributed by atoms with Gasteiger partial charge < -0.3 is 14.6 Å². The number of hydrogen-bond donors (Lipinski definition) is 1. The topological polar surface area (TPSA) is 45.5 Å². The van der Waals surface area contributed by atoms with Crippen molar-refractivity contribution in [3.8, 4) is 0 Å². The molecule has 4 nitrogen and oxygen atoms in total. The maximum absolute atomic E-state index is 11.8. The zero-order chi connectivity index (χ0) is 15.6. The Morgan fingerprint density at radius 2 is 2.00 bits per heavy atom. The number of aryl methyl sites for hydroxylation is 1. The Morgan fingerprint density at radius 1 is 1.18 bits per heavy atom. The van der Waals surface area contributed by atoms with Gasteiger partial charge in [0.2, 0.25) is 5.91 Å². The third kappa shape index (κ3) is 5.28. The summed E-state index contributed by atoms with van der Waals surface area (Å²) in [5.74, 6) is 0.940. The highest BCUT2D eigenvalue weighted by molar-refractivity contribution is 5.76. The fourth-order valence-electron chi connectivity index (χ4n) is 2.39. The van der Waals surface area contributed by atoms with Gasteiger partial charge in [-0.1, -0.05) is 18.2 Å². The largest absolute Gasteiger partial charge is 0.469 e. The molecule has 0 atom stereocenters. The number of anilines is 1. The third-order valence-electron chi connectivity index (χ3n) is 3.61. The summed E-state index contributed by atoms with van der Waals surface area (Å²) in [4.78, 5) is 14.1. The van der Waals surface area contributed by atoms with Crippen LogP contribution in [0.3, 0.4) is 0 Å². The molecule has 1 aromatic heterocycles. The van der Waals surface area contributed by atoms with E-state index in [-0.39, 0.29) is 5.91 Å². The molecule has 0 radical (unpaired) electrons. The molecule has 22 heavy (non-hydrogen) atoms. The summed E-state index contributed by atoms with van der Waals surface area (Å²) in [5, 5.41) is 2.97. The molecular formula is C18H24N2O2. The van der Waals surface area contributed by atoms with E-state index in [4.69, 9.17) is 4.42 Å². The average Bonchev–Trinajstić information content (AvgIpc) is 3.07. The van der Waals surface area contributed by atoms with Crippen molar-refractivity contribution in [2.75, 3.05) is 24.5 Å². The molecule has 0 fully saturated rings. The summed E-state index contributed by atoms with van der Waals surface area (Å²) in [6.07, 6.45) is 3.71. The second-order valence-electron chi connectivity index (χ2n) is 5.20. The Hall–Kier alpha value is -2.23. The van der Waals surface area contributed by atoms with Gasteiger partial charge in [0.25, 0.3) is 0 Å². The minimum absolute atomic E-state index is 0.0826. The lowest BCUT2D eigenvalue weighted by Crippen LogP contribution is -2.30. The molecular weight excluding hydrogens is 276 g/mol. The third-order valence-corrected chi connectivity index (χ3v) is 3.61. The van der Waals surface area contributed by atoms with Gasteiger partial charge in [0, 0.05) is 38.2 Å². The Kier molecular flexibility index (Phi) is 6.55. The number of benzene rings is 1. The van der Waals surface area contributed by atoms with Crippen molar-refractivity contribution in [2.45, 2.75) is 26.2 Å². The number of nitrogens with zero attached hydrogens (tertiary/aromatic N) is 1. The quantitative estimate of drug-likeness (QED) is 0.723. The van der Waals surface area contributed by atoms with Crippen molar-refractivity contribution in [1.29, 1.82) is 0 Å². The van der Waals surface area contributed by atoms with Gasteiger partial charge in [0.15, 0.2) is 0 Å². The van der Waals surface area contributed by atoms with Crippen molar-refractivity contribution in [2.24, 2.45) is 0 Å². The van der Waals surface area contributed by atoms with Gasteiger partial charge in [-0.05, 0) is 37.6 Å². The first kappa shape index (κ1) is 16.1. The normalized spacial score (nSPS) is 10.4. The van der Waals surface area contributed by atoms with Gasteiger partial charge in [-0.25, -0.2) is 0 Å². The van der Waals surface area contributed by atoms with E-state index in [1.54, 1.807) is 6.26 Å². The van der Waals surface area contributed by atoms with Crippen molar-refractivity contribution in [1.82, 2.24) is 5.32 Å². The first-order chi connectivity index (χ1) is 10.8. The molecule has 2 rings (SSSR count). The van der Waals surface area contributed by atoms with Crippen LogP contribution in [0.1, 0.15) is 25.5 Å². The van der Waals surface area contributed by atoms with E-state index in [1.165, 1.54) is 5.69 Å². The Morgan fingerprint density at radius 3 is 2.68 bits per heavy atom. The first-order valence-electron chi connectivity index (χ1n) is 7.88. The number of amides is 1. The lowest BCUT2D eigenvalue weighted by atomic mass is 10.2. The molecule has 0 spiro atoms. The molecule has 1 aromatic carbocycles. The second-order valence-corrected chi connectivity index (χ2v) is 5.20. The molecule has 0 unspecified atom stereocenters. The fourth-order valence-corrected chi connectivity index (χ4v) is 2.39. The molecule has 2 aromatic rings. The van der Waals surface area contributed by atoms with Crippen molar-refractivity contribution in [3.63, 3.8) is 0 Å². The SMILES string of the molecule is CCN(CCCNC(=O)CCc1ccco1)c1ccccc1. The van der Waals surface area contributed by atoms with Crippen LogP contribution in [0.25, 0.3) is 0 Å². The summed E-state index contributed by atoms with van der Waals surface area (Å²) in [6, 6.07) is 14.1. The van der Waals surface area contributed by atoms with Gasteiger partial charge in [-0.2, -0.15) is 0 Å². The van der Waals surface area contributed by atoms with Crippen LogP contribution in [0.5, 0.6) is 0 Å². The summed E-state index contributed by atoms with van der Waals surface area (Å²) in [7, 11) is 0. The maximum Gasteiger partial charge on any atom is 0.220 e. The first-order valence-corrected chi connectivity index (χ1v) is 7.88. The molecule has 0 aliphatic rings. The molecule has 1 N–H and O–H groups in total. The lowest BCUT2D eigenvalue weighted by molar-refractivity contribution is -0.121. The van der Waals surface area contributed by atoms with E-state index in [0.29, 0.717) is 19.4 Å². The van der Waals surface area contributed by atoms with Gasteiger partial charge in [-0.3, -0.25) is 4.79 Å². The fraction of sp³-hybridized carbons (Fsp3) is 0.389. The van der Waals surface area contributed by atoms with Gasteiger partial charge in [0.1, 0.15) is 5.76 Å². The Balaban J connectivity index is 1.62. The van der Waals surface area contributed by atoms with E-state index in [1.807, 2.05) is 18.2 Å². The predicted octanol–water partition coefficient (Wildman–Crippen LogP) is 3.25. The summed E-state index contributed by atoms with van der Waals surface area (Å²) in [6.45, 7) is 4.77. The molecule has 0 saturated heterocycles. The number of furan rings is 1. The zero-order valence-corrected chi connectivity index (χ0v) is 13.1. The molecule has 1 amide bonds. The molecule has 118 valence electrons. The van der Waals surface area contributed by atoms with Crippen LogP contribution in [-0.4, -0.2) is 25.5 Å². The van der Waals surface area contributed by atoms with Crippen LogP contribution in [0.4, 0.5) is 5.69 Å². The predicted molar refractivity (Wildman–Crippen MR) is 89.0 cm³/mol. The highest BCUT2D eigenvalue weighted by Crippen LogP contribution is 2.12. The molecule has 4 heteroatoms. The zero-order valence-electron chi connectivity index (χ0n) is 13.1. The van der Waals surface area contributed by atoms with Crippen molar-refractivity contribution < 1.29 is 9.21 Å². The van der Waals surface area contributed by atoms with E-state index in [2.05, 4.69) is 41.4 Å². The van der Waals surface area contributed by atoms with Crippen molar-refractivity contribution in [3.05, 3.63) is 54.5 Å². The average molecular weight is 300 g/mol. The van der Waals surface area contributed by atoms with Gasteiger partial charge >= 0.3 is 0 Å². The monoisotopic (exact) mass is 300 g/mol. The van der Waals surface area contributed by atoms with E-state index < -0.39 is 0 Å². The van der Waals surface area contributed by atoms with E-state index >= 15 is 0 Å². The standard InChI is InChI=1S/C18H24N2O2/c1-2-20(16-8-4-3-5-9-16)14-7-13-19-18(21)12-11-17-10-6-15-22-17/h3-6,8-10,15H,2,7,11-14H2,1H3,(H,19,21). The molecule has 0 aliphatic heterocycles. The van der Waals surface area contributed by atoms with Crippen LogP contribution in [0, 0.1) is 0 Å². The van der Waals surface area contributed by atoms with Gasteiger partial charge in [-0.15, -0.1) is 0 Å². The summed E-state index contributed by atoms with van der Waals surface area (Å²) >= 11 is 0. The van der Waals surface area contributed by atoms with Crippen molar-refractivity contribution >= 4 is 11.6 Å². The number of carbonyl (C=O) groups excluding carboxylic acids is 1. The number of rotatable bonds is 9. The van der Waals surface area contributed by atoms with E-state index in [0.717, 1.165) is 25.3 Å². The Labute approximate surface area is 132 Å². The van der Waals surface area contributed by atoms with Crippen LogP contribution < -0.4 is 10.2 Å². The molecule has 0 aliphatic carbocycles. The summed E-state index contributed by atoms with van der Waals surface area (Å²) in [5.41, 5.74) is 1.23. The van der Waals surface area contributed by atoms with Crippen LogP contribution in [0.2, 0.25) is 0 Å². The maximum atomic E-state index is 11.8. The minimum atomic E-state index is 0.0826. The number of hydrogen-bond acceptors (Lipinski definition) is 3. The number of nitrogens with one attached hydrogen (secondary N) is 1. The number of carbonyl (C=O) groups is 1. The molecule has 0 bridgehead atoms. The van der Waals surface area contributed by atoms with Crippen LogP contribution in [0.15, 0.2) is 53.1 Å². The highest BCUT2D eigenvalue weighted by Gasteiger charge is 2.05. The van der Waals surface area contributed by atoms with E-state index in [9.17, 15) is 4.79 Å². The Bertz CT molecular complexity index is 537. The summed E-state index contributed by atoms with van der Waals surface area (Å²) < 4.78 is 5.22. The van der Waals surface area contributed by atoms with Crippen LogP contribution in [-0.2, 0) is 11.2 Å². The smallest absolute Gasteiger partial charge is 0.220 e. The molecule has 1 heterocycles. The van der Waals surface area contributed by atoms with Gasteiger partial charge in [0.05, 0.1) is 6.26 Å². The van der Waals surface area contributed by atoms with Crippen LogP contribution >= 0.6 is 0 Å². The number of para-hydroxylation sites is 1. The highest BCUT2D eigenvalue weighted by atomic mass is 16.3. The minimum Gasteiger partial charge on any atom is -0.469 e.